The monoisotopic (exact) mass is 239 g/mol. The van der Waals surface area contributed by atoms with Crippen molar-refractivity contribution in [3.05, 3.63) is 60.7 Å². The minimum Gasteiger partial charge on any atom is -0.394 e. The van der Waals surface area contributed by atoms with Crippen LogP contribution in [0.5, 0.6) is 0 Å². The van der Waals surface area contributed by atoms with Crippen molar-refractivity contribution in [1.82, 2.24) is 0 Å². The van der Waals surface area contributed by atoms with E-state index in [4.69, 9.17) is 0 Å². The van der Waals surface area contributed by atoms with Crippen molar-refractivity contribution < 1.29 is 5.11 Å². The van der Waals surface area contributed by atoms with Crippen molar-refractivity contribution in [3.63, 3.8) is 0 Å². The highest BCUT2D eigenvalue weighted by molar-refractivity contribution is 5.67. The average molecular weight is 239 g/mol. The highest BCUT2D eigenvalue weighted by Crippen LogP contribution is 2.47. The Morgan fingerprint density at radius 3 is 1.61 bits per heavy atom. The van der Waals surface area contributed by atoms with E-state index in [1.54, 1.807) is 0 Å². The fourth-order valence-electron chi connectivity index (χ4n) is 2.45. The van der Waals surface area contributed by atoms with E-state index in [0.29, 0.717) is 0 Å². The van der Waals surface area contributed by atoms with Crippen LogP contribution < -0.4 is 4.90 Å². The smallest absolute Gasteiger partial charge is 0.0683 e. The highest BCUT2D eigenvalue weighted by atomic mass is 16.3. The molecular formula is C16H17NO. The number of anilines is 2. The summed E-state index contributed by atoms with van der Waals surface area (Å²) in [5, 5.41) is 9.71. The van der Waals surface area contributed by atoms with Crippen LogP contribution in [0.4, 0.5) is 11.4 Å². The number of aliphatic hydroxyl groups excluding tert-OH is 1. The Hall–Kier alpha value is -1.80. The van der Waals surface area contributed by atoms with Gasteiger partial charge >= 0.3 is 0 Å². The van der Waals surface area contributed by atoms with E-state index in [1.807, 2.05) is 36.4 Å². The first-order chi connectivity index (χ1) is 8.86. The molecule has 18 heavy (non-hydrogen) atoms. The Balaban J connectivity index is 2.05. The molecule has 0 spiro atoms. The fraction of sp³-hybridized carbons (Fsp3) is 0.250. The second-order valence-corrected chi connectivity index (χ2v) is 4.89. The molecule has 0 bridgehead atoms. The summed E-state index contributed by atoms with van der Waals surface area (Å²) in [6, 6.07) is 20.6. The summed E-state index contributed by atoms with van der Waals surface area (Å²) in [4.78, 5) is 2.27. The first-order valence-corrected chi connectivity index (χ1v) is 6.37. The van der Waals surface area contributed by atoms with E-state index < -0.39 is 0 Å². The Morgan fingerprint density at radius 2 is 1.28 bits per heavy atom. The minimum absolute atomic E-state index is 0.0945. The second-order valence-electron chi connectivity index (χ2n) is 4.89. The first kappa shape index (κ1) is 11.3. The van der Waals surface area contributed by atoms with E-state index in [0.717, 1.165) is 24.2 Å². The molecule has 1 aliphatic carbocycles. The molecule has 1 aliphatic rings. The first-order valence-electron chi connectivity index (χ1n) is 6.37. The molecule has 0 saturated heterocycles. The van der Waals surface area contributed by atoms with Crippen LogP contribution in [-0.2, 0) is 0 Å². The highest BCUT2D eigenvalue weighted by Gasteiger charge is 2.48. The third-order valence-corrected chi connectivity index (χ3v) is 3.62. The van der Waals surface area contributed by atoms with E-state index in [1.165, 1.54) is 0 Å². The summed E-state index contributed by atoms with van der Waals surface area (Å²) in [5.41, 5.74) is 2.20. The Kier molecular flexibility index (Phi) is 2.80. The molecule has 2 nitrogen and oxygen atoms in total. The van der Waals surface area contributed by atoms with E-state index in [-0.39, 0.29) is 12.1 Å². The molecule has 0 radical (unpaired) electrons. The standard InChI is InChI=1S/C16H17NO/c18-13-16(11-12-16)17(14-7-3-1-4-8-14)15-9-5-2-6-10-15/h1-10,18H,11-13H2. The Bertz CT molecular complexity index is 466. The molecule has 0 unspecified atom stereocenters. The van der Waals surface area contributed by atoms with Gasteiger partial charge in [-0.25, -0.2) is 0 Å². The Morgan fingerprint density at radius 1 is 0.833 bits per heavy atom. The van der Waals surface area contributed by atoms with Gasteiger partial charge < -0.3 is 10.0 Å². The summed E-state index contributed by atoms with van der Waals surface area (Å²) in [7, 11) is 0. The van der Waals surface area contributed by atoms with Gasteiger partial charge in [-0.2, -0.15) is 0 Å². The summed E-state index contributed by atoms with van der Waals surface area (Å²) < 4.78 is 0. The van der Waals surface area contributed by atoms with Crippen LogP contribution in [0.25, 0.3) is 0 Å². The summed E-state index contributed by atoms with van der Waals surface area (Å²) in [6.45, 7) is 0.205. The SMILES string of the molecule is OCC1(N(c2ccccc2)c2ccccc2)CC1. The molecule has 92 valence electrons. The lowest BCUT2D eigenvalue weighted by atomic mass is 10.1. The lowest BCUT2D eigenvalue weighted by Gasteiger charge is -2.33. The van der Waals surface area contributed by atoms with Crippen LogP contribution in [0.15, 0.2) is 60.7 Å². The van der Waals surface area contributed by atoms with E-state index in [2.05, 4.69) is 29.2 Å². The zero-order chi connectivity index (χ0) is 12.4. The molecule has 2 heteroatoms. The number of nitrogens with zero attached hydrogens (tertiary/aromatic N) is 1. The molecule has 1 N–H and O–H groups in total. The zero-order valence-corrected chi connectivity index (χ0v) is 10.3. The van der Waals surface area contributed by atoms with Crippen LogP contribution in [0.1, 0.15) is 12.8 Å². The third kappa shape index (κ3) is 1.89. The number of hydrogen-bond donors (Lipinski definition) is 1. The number of rotatable bonds is 4. The normalized spacial score (nSPS) is 16.3. The summed E-state index contributed by atoms with van der Waals surface area (Å²) >= 11 is 0. The van der Waals surface area contributed by atoms with Gasteiger partial charge in [0, 0.05) is 11.4 Å². The van der Waals surface area contributed by atoms with Crippen LogP contribution >= 0.6 is 0 Å². The molecule has 0 atom stereocenters. The van der Waals surface area contributed by atoms with Gasteiger partial charge in [0.15, 0.2) is 0 Å². The van der Waals surface area contributed by atoms with Crippen LogP contribution in [0.3, 0.4) is 0 Å². The molecule has 0 aromatic heterocycles. The van der Waals surface area contributed by atoms with E-state index >= 15 is 0 Å². The second kappa shape index (κ2) is 4.46. The largest absolute Gasteiger partial charge is 0.394 e. The summed E-state index contributed by atoms with van der Waals surface area (Å²) in [5.74, 6) is 0. The number of benzene rings is 2. The third-order valence-electron chi connectivity index (χ3n) is 3.62. The van der Waals surface area contributed by atoms with Gasteiger partial charge in [-0.15, -0.1) is 0 Å². The van der Waals surface area contributed by atoms with Crippen molar-refractivity contribution >= 4 is 11.4 Å². The van der Waals surface area contributed by atoms with Crippen molar-refractivity contribution in [3.8, 4) is 0 Å². The molecule has 2 aromatic rings. The van der Waals surface area contributed by atoms with Gasteiger partial charge in [0.1, 0.15) is 0 Å². The van der Waals surface area contributed by atoms with Crippen LogP contribution in [0.2, 0.25) is 0 Å². The predicted molar refractivity (Wildman–Crippen MR) is 74.1 cm³/mol. The maximum Gasteiger partial charge on any atom is 0.0683 e. The van der Waals surface area contributed by atoms with Gasteiger partial charge in [-0.1, -0.05) is 36.4 Å². The topological polar surface area (TPSA) is 23.5 Å². The van der Waals surface area contributed by atoms with Gasteiger partial charge in [-0.3, -0.25) is 0 Å². The molecule has 1 fully saturated rings. The van der Waals surface area contributed by atoms with Crippen molar-refractivity contribution in [2.75, 3.05) is 11.5 Å². The quantitative estimate of drug-likeness (QED) is 0.884. The van der Waals surface area contributed by atoms with Crippen LogP contribution in [0, 0.1) is 0 Å². The van der Waals surface area contributed by atoms with Gasteiger partial charge in [-0.05, 0) is 37.1 Å². The summed E-state index contributed by atoms with van der Waals surface area (Å²) in [6.07, 6.45) is 2.10. The minimum atomic E-state index is -0.0945. The maximum absolute atomic E-state index is 9.71. The van der Waals surface area contributed by atoms with Gasteiger partial charge in [0.2, 0.25) is 0 Å². The van der Waals surface area contributed by atoms with Crippen molar-refractivity contribution in [1.29, 1.82) is 0 Å². The maximum atomic E-state index is 9.71. The molecule has 0 heterocycles. The molecule has 3 rings (SSSR count). The number of para-hydroxylation sites is 2. The lowest BCUT2D eigenvalue weighted by Crippen LogP contribution is -2.36. The van der Waals surface area contributed by atoms with Crippen molar-refractivity contribution in [2.45, 2.75) is 18.4 Å². The molecule has 2 aromatic carbocycles. The molecule has 1 saturated carbocycles. The number of aliphatic hydroxyl groups is 1. The van der Waals surface area contributed by atoms with Gasteiger partial charge in [0.25, 0.3) is 0 Å². The fourth-order valence-corrected chi connectivity index (χ4v) is 2.45. The number of hydrogen-bond acceptors (Lipinski definition) is 2. The Labute approximate surface area is 107 Å². The van der Waals surface area contributed by atoms with Gasteiger partial charge in [0.05, 0.1) is 12.1 Å². The zero-order valence-electron chi connectivity index (χ0n) is 10.3. The lowest BCUT2D eigenvalue weighted by molar-refractivity contribution is 0.255. The molecule has 0 aliphatic heterocycles. The van der Waals surface area contributed by atoms with Crippen molar-refractivity contribution in [2.24, 2.45) is 0 Å². The predicted octanol–water partition coefficient (Wildman–Crippen LogP) is 3.35. The average Bonchev–Trinajstić information content (AvgIpc) is 3.23. The molecule has 0 amide bonds. The van der Waals surface area contributed by atoms with Crippen LogP contribution in [-0.4, -0.2) is 17.3 Å². The van der Waals surface area contributed by atoms with E-state index in [9.17, 15) is 5.11 Å². The molecular weight excluding hydrogens is 222 g/mol.